The van der Waals surface area contributed by atoms with Gasteiger partial charge in [-0.2, -0.15) is 0 Å². The Bertz CT molecular complexity index is 516. The number of aromatic carboxylic acids is 1. The van der Waals surface area contributed by atoms with E-state index < -0.39 is 11.9 Å². The second kappa shape index (κ2) is 6.03. The smallest absolute Gasteiger partial charge is 0.338 e. The van der Waals surface area contributed by atoms with Gasteiger partial charge in [0.1, 0.15) is 5.69 Å². The Kier molecular flexibility index (Phi) is 4.37. The summed E-state index contributed by atoms with van der Waals surface area (Å²) in [6, 6.07) is 3.02. The van der Waals surface area contributed by atoms with Crippen LogP contribution in [0.1, 0.15) is 54.0 Å². The maximum Gasteiger partial charge on any atom is 0.338 e. The van der Waals surface area contributed by atoms with E-state index in [9.17, 15) is 9.59 Å². The highest BCUT2D eigenvalue weighted by Crippen LogP contribution is 2.28. The van der Waals surface area contributed by atoms with E-state index in [4.69, 9.17) is 5.11 Å². The molecular weight excluding hydrogens is 256 g/mol. The fourth-order valence-electron chi connectivity index (χ4n) is 2.88. The van der Waals surface area contributed by atoms with Gasteiger partial charge in [-0.3, -0.25) is 9.78 Å². The van der Waals surface area contributed by atoms with Crippen LogP contribution in [0.2, 0.25) is 0 Å². The van der Waals surface area contributed by atoms with Crippen molar-refractivity contribution in [2.75, 3.05) is 0 Å². The molecule has 0 aliphatic heterocycles. The number of hydrogen-bond donors (Lipinski definition) is 2. The van der Waals surface area contributed by atoms with Crippen LogP contribution in [-0.2, 0) is 0 Å². The van der Waals surface area contributed by atoms with E-state index in [-0.39, 0.29) is 17.3 Å². The average Bonchev–Trinajstić information content (AvgIpc) is 2.41. The predicted molar refractivity (Wildman–Crippen MR) is 74.6 cm³/mol. The van der Waals surface area contributed by atoms with Crippen LogP contribution in [0.5, 0.6) is 0 Å². The molecule has 0 radical (unpaired) electrons. The fourth-order valence-corrected chi connectivity index (χ4v) is 2.88. The third kappa shape index (κ3) is 3.15. The standard InChI is InChI=1S/C15H20N2O3/c1-9-5-6-12(10(2)8-9)17-14(18)13-11(15(19)20)4-3-7-16-13/h3-4,7,9-10,12H,5-6,8H2,1-2H3,(H,17,18)(H,19,20). The second-order valence-electron chi connectivity index (χ2n) is 5.68. The molecule has 3 atom stereocenters. The molecule has 5 heteroatoms. The number of aromatic nitrogens is 1. The van der Waals surface area contributed by atoms with Gasteiger partial charge in [0, 0.05) is 12.2 Å². The zero-order valence-corrected chi connectivity index (χ0v) is 11.8. The van der Waals surface area contributed by atoms with Crippen LogP contribution >= 0.6 is 0 Å². The first-order valence-corrected chi connectivity index (χ1v) is 6.98. The second-order valence-corrected chi connectivity index (χ2v) is 5.68. The van der Waals surface area contributed by atoms with Crippen molar-refractivity contribution >= 4 is 11.9 Å². The number of nitrogens with one attached hydrogen (secondary N) is 1. The monoisotopic (exact) mass is 276 g/mol. The van der Waals surface area contributed by atoms with Crippen LogP contribution in [0.15, 0.2) is 18.3 Å². The van der Waals surface area contributed by atoms with Crippen molar-refractivity contribution in [3.8, 4) is 0 Å². The normalized spacial score (nSPS) is 26.0. The molecule has 1 aromatic heterocycles. The summed E-state index contributed by atoms with van der Waals surface area (Å²) in [4.78, 5) is 27.2. The van der Waals surface area contributed by atoms with E-state index in [0.717, 1.165) is 19.3 Å². The van der Waals surface area contributed by atoms with Gasteiger partial charge in [-0.15, -0.1) is 0 Å². The summed E-state index contributed by atoms with van der Waals surface area (Å²) in [5.74, 6) is -0.440. The molecule has 1 fully saturated rings. The summed E-state index contributed by atoms with van der Waals surface area (Å²) in [6.07, 6.45) is 4.54. The highest BCUT2D eigenvalue weighted by atomic mass is 16.4. The minimum absolute atomic E-state index is 0.00850. The average molecular weight is 276 g/mol. The number of pyridine rings is 1. The van der Waals surface area contributed by atoms with Gasteiger partial charge >= 0.3 is 5.97 Å². The Labute approximate surface area is 118 Å². The van der Waals surface area contributed by atoms with Gasteiger partial charge < -0.3 is 10.4 Å². The summed E-state index contributed by atoms with van der Waals surface area (Å²) >= 11 is 0. The molecule has 20 heavy (non-hydrogen) atoms. The molecule has 1 aliphatic carbocycles. The third-order valence-corrected chi connectivity index (χ3v) is 4.00. The summed E-state index contributed by atoms with van der Waals surface area (Å²) in [5, 5.41) is 12.0. The Morgan fingerprint density at radius 3 is 2.75 bits per heavy atom. The molecule has 0 spiro atoms. The first kappa shape index (κ1) is 14.5. The van der Waals surface area contributed by atoms with Gasteiger partial charge in [-0.05, 0) is 43.2 Å². The van der Waals surface area contributed by atoms with Crippen LogP contribution in [0, 0.1) is 11.8 Å². The Morgan fingerprint density at radius 1 is 1.35 bits per heavy atom. The van der Waals surface area contributed by atoms with Gasteiger partial charge in [-0.1, -0.05) is 13.8 Å². The van der Waals surface area contributed by atoms with E-state index in [0.29, 0.717) is 11.8 Å². The third-order valence-electron chi connectivity index (χ3n) is 4.00. The molecule has 1 saturated carbocycles. The van der Waals surface area contributed by atoms with Gasteiger partial charge in [0.2, 0.25) is 0 Å². The largest absolute Gasteiger partial charge is 0.478 e. The first-order chi connectivity index (χ1) is 9.49. The molecule has 0 saturated heterocycles. The minimum Gasteiger partial charge on any atom is -0.478 e. The summed E-state index contributed by atoms with van der Waals surface area (Å²) < 4.78 is 0. The van der Waals surface area contributed by atoms with Crippen LogP contribution in [0.25, 0.3) is 0 Å². The Morgan fingerprint density at radius 2 is 2.10 bits per heavy atom. The highest BCUT2D eigenvalue weighted by molar-refractivity contribution is 6.03. The van der Waals surface area contributed by atoms with Gasteiger partial charge in [0.25, 0.3) is 5.91 Å². The van der Waals surface area contributed by atoms with E-state index >= 15 is 0 Å². The maximum absolute atomic E-state index is 12.2. The molecule has 2 rings (SSSR count). The zero-order chi connectivity index (χ0) is 14.7. The van der Waals surface area contributed by atoms with Crippen molar-refractivity contribution in [3.05, 3.63) is 29.6 Å². The fraction of sp³-hybridized carbons (Fsp3) is 0.533. The number of carbonyl (C=O) groups excluding carboxylic acids is 1. The number of carbonyl (C=O) groups is 2. The first-order valence-electron chi connectivity index (χ1n) is 6.98. The van der Waals surface area contributed by atoms with Crippen LogP contribution in [0.3, 0.4) is 0 Å². The quantitative estimate of drug-likeness (QED) is 0.888. The molecule has 5 nitrogen and oxygen atoms in total. The lowest BCUT2D eigenvalue weighted by Gasteiger charge is -2.33. The van der Waals surface area contributed by atoms with E-state index in [1.54, 1.807) is 0 Å². The van der Waals surface area contributed by atoms with Crippen molar-refractivity contribution < 1.29 is 14.7 Å². The van der Waals surface area contributed by atoms with Gasteiger partial charge in [0.05, 0.1) is 5.56 Å². The molecule has 2 N–H and O–H groups in total. The molecule has 1 aromatic rings. The molecule has 3 unspecified atom stereocenters. The van der Waals surface area contributed by atoms with Crippen molar-refractivity contribution in [2.45, 2.75) is 39.2 Å². The number of rotatable bonds is 3. The van der Waals surface area contributed by atoms with Crippen molar-refractivity contribution in [3.63, 3.8) is 0 Å². The lowest BCUT2D eigenvalue weighted by molar-refractivity contribution is 0.0688. The molecule has 0 aromatic carbocycles. The summed E-state index contributed by atoms with van der Waals surface area (Å²) in [7, 11) is 0. The van der Waals surface area contributed by atoms with E-state index in [1.165, 1.54) is 18.3 Å². The van der Waals surface area contributed by atoms with Crippen molar-refractivity contribution in [2.24, 2.45) is 11.8 Å². The number of hydrogen-bond acceptors (Lipinski definition) is 3. The molecule has 1 aliphatic rings. The zero-order valence-electron chi connectivity index (χ0n) is 11.8. The topological polar surface area (TPSA) is 79.3 Å². The van der Waals surface area contributed by atoms with Crippen molar-refractivity contribution in [1.82, 2.24) is 10.3 Å². The Balaban J connectivity index is 2.11. The number of carboxylic acid groups (broad SMARTS) is 1. The van der Waals surface area contributed by atoms with E-state index in [1.807, 2.05) is 0 Å². The SMILES string of the molecule is CC1CCC(NC(=O)c2ncccc2C(=O)O)C(C)C1. The summed E-state index contributed by atoms with van der Waals surface area (Å²) in [6.45, 7) is 4.34. The summed E-state index contributed by atoms with van der Waals surface area (Å²) in [5.41, 5.74) is -0.0624. The van der Waals surface area contributed by atoms with Crippen LogP contribution in [0.4, 0.5) is 0 Å². The van der Waals surface area contributed by atoms with Gasteiger partial charge in [0.15, 0.2) is 0 Å². The Hall–Kier alpha value is -1.91. The number of nitrogens with zero attached hydrogens (tertiary/aromatic N) is 1. The lowest BCUT2D eigenvalue weighted by atomic mass is 9.80. The highest BCUT2D eigenvalue weighted by Gasteiger charge is 2.28. The number of amides is 1. The molecule has 1 heterocycles. The van der Waals surface area contributed by atoms with Gasteiger partial charge in [-0.25, -0.2) is 4.79 Å². The predicted octanol–water partition coefficient (Wildman–Crippen LogP) is 2.33. The van der Waals surface area contributed by atoms with Crippen LogP contribution in [-0.4, -0.2) is 28.0 Å². The van der Waals surface area contributed by atoms with Crippen LogP contribution < -0.4 is 5.32 Å². The lowest BCUT2D eigenvalue weighted by Crippen LogP contribution is -2.43. The molecule has 0 bridgehead atoms. The minimum atomic E-state index is -1.13. The number of carboxylic acids is 1. The molecule has 1 amide bonds. The molecule has 108 valence electrons. The van der Waals surface area contributed by atoms with Crippen molar-refractivity contribution in [1.29, 1.82) is 0 Å². The maximum atomic E-state index is 12.2. The van der Waals surface area contributed by atoms with E-state index in [2.05, 4.69) is 24.1 Å². The molecular formula is C15H20N2O3.